The Morgan fingerprint density at radius 3 is 2.43 bits per heavy atom. The highest BCUT2D eigenvalue weighted by molar-refractivity contribution is 9.10. The molecule has 0 amide bonds. The number of nitrogens with one attached hydrogen (secondary N) is 1. The number of halogens is 3. The van der Waals surface area contributed by atoms with Crippen molar-refractivity contribution in [3.05, 3.63) is 69.7 Å². The van der Waals surface area contributed by atoms with Crippen LogP contribution in [0.15, 0.2) is 46.9 Å². The highest BCUT2D eigenvalue weighted by Crippen LogP contribution is 2.38. The second-order valence-corrected chi connectivity index (χ2v) is 6.38. The van der Waals surface area contributed by atoms with E-state index in [9.17, 15) is 8.78 Å². The van der Waals surface area contributed by atoms with E-state index in [0.29, 0.717) is 0 Å². The van der Waals surface area contributed by atoms with Gasteiger partial charge in [-0.25, -0.2) is 8.78 Å². The minimum atomic E-state index is -0.503. The van der Waals surface area contributed by atoms with Gasteiger partial charge in [-0.05, 0) is 54.3 Å². The van der Waals surface area contributed by atoms with Crippen molar-refractivity contribution in [2.45, 2.75) is 18.3 Å². The van der Waals surface area contributed by atoms with Crippen molar-refractivity contribution in [2.24, 2.45) is 0 Å². The molecule has 2 atom stereocenters. The molecule has 2 aromatic rings. The van der Waals surface area contributed by atoms with Gasteiger partial charge in [-0.3, -0.25) is 0 Å². The monoisotopic (exact) mass is 351 g/mol. The van der Waals surface area contributed by atoms with E-state index >= 15 is 0 Å². The SMILES string of the molecule is Fc1cc(F)cc(C2CCNCC2c2cccc(Br)c2)c1. The number of benzene rings is 2. The third-order valence-corrected chi connectivity index (χ3v) is 4.57. The lowest BCUT2D eigenvalue weighted by Gasteiger charge is -2.33. The summed E-state index contributed by atoms with van der Waals surface area (Å²) in [7, 11) is 0. The van der Waals surface area contributed by atoms with Gasteiger partial charge in [-0.15, -0.1) is 0 Å². The molecule has 0 saturated carbocycles. The number of rotatable bonds is 2. The molecule has 1 N–H and O–H groups in total. The largest absolute Gasteiger partial charge is 0.316 e. The highest BCUT2D eigenvalue weighted by atomic mass is 79.9. The molecule has 1 aliphatic heterocycles. The molecule has 1 nitrogen and oxygen atoms in total. The summed E-state index contributed by atoms with van der Waals surface area (Å²) in [5.41, 5.74) is 1.94. The van der Waals surface area contributed by atoms with Crippen molar-refractivity contribution in [1.29, 1.82) is 0 Å². The molecular formula is C17H16BrF2N. The van der Waals surface area contributed by atoms with Gasteiger partial charge < -0.3 is 5.32 Å². The van der Waals surface area contributed by atoms with Crippen LogP contribution in [0, 0.1) is 11.6 Å². The summed E-state index contributed by atoms with van der Waals surface area (Å²) < 4.78 is 28.0. The van der Waals surface area contributed by atoms with Gasteiger partial charge in [-0.2, -0.15) is 0 Å². The summed E-state index contributed by atoms with van der Waals surface area (Å²) in [6, 6.07) is 12.0. The molecule has 110 valence electrons. The van der Waals surface area contributed by atoms with Crippen molar-refractivity contribution in [3.8, 4) is 0 Å². The molecule has 2 aromatic carbocycles. The van der Waals surface area contributed by atoms with E-state index in [0.717, 1.165) is 35.6 Å². The van der Waals surface area contributed by atoms with Crippen LogP contribution >= 0.6 is 15.9 Å². The molecule has 0 spiro atoms. The maximum Gasteiger partial charge on any atom is 0.126 e. The summed E-state index contributed by atoms with van der Waals surface area (Å²) in [5, 5.41) is 3.38. The van der Waals surface area contributed by atoms with Crippen LogP contribution in [0.3, 0.4) is 0 Å². The van der Waals surface area contributed by atoms with Gasteiger partial charge >= 0.3 is 0 Å². The zero-order valence-corrected chi connectivity index (χ0v) is 13.0. The van der Waals surface area contributed by atoms with Gasteiger partial charge in [0.2, 0.25) is 0 Å². The third-order valence-electron chi connectivity index (χ3n) is 4.07. The molecule has 1 heterocycles. The van der Waals surface area contributed by atoms with Gasteiger partial charge in [0, 0.05) is 23.0 Å². The predicted molar refractivity (Wildman–Crippen MR) is 83.5 cm³/mol. The normalized spacial score (nSPS) is 22.2. The fraction of sp³-hybridized carbons (Fsp3) is 0.294. The number of hydrogen-bond acceptors (Lipinski definition) is 1. The van der Waals surface area contributed by atoms with Crippen LogP contribution in [0.4, 0.5) is 8.78 Å². The fourth-order valence-corrected chi connectivity index (χ4v) is 3.55. The first-order chi connectivity index (χ1) is 10.1. The maximum absolute atomic E-state index is 13.5. The van der Waals surface area contributed by atoms with Crippen LogP contribution in [0.25, 0.3) is 0 Å². The van der Waals surface area contributed by atoms with E-state index in [2.05, 4.69) is 33.4 Å². The number of piperidine rings is 1. The summed E-state index contributed by atoms with van der Waals surface area (Å²) in [6.45, 7) is 1.69. The van der Waals surface area contributed by atoms with Crippen LogP contribution in [-0.2, 0) is 0 Å². The second kappa shape index (κ2) is 6.24. The van der Waals surface area contributed by atoms with E-state index in [-0.39, 0.29) is 11.8 Å². The molecule has 0 aliphatic carbocycles. The van der Waals surface area contributed by atoms with Gasteiger partial charge in [0.1, 0.15) is 11.6 Å². The Labute approximate surface area is 131 Å². The molecule has 1 saturated heterocycles. The summed E-state index contributed by atoms with van der Waals surface area (Å²) >= 11 is 3.49. The van der Waals surface area contributed by atoms with Crippen molar-refractivity contribution < 1.29 is 8.78 Å². The third kappa shape index (κ3) is 3.33. The first-order valence-electron chi connectivity index (χ1n) is 7.05. The maximum atomic E-state index is 13.5. The molecule has 4 heteroatoms. The lowest BCUT2D eigenvalue weighted by Crippen LogP contribution is -2.34. The Balaban J connectivity index is 1.98. The van der Waals surface area contributed by atoms with Crippen LogP contribution in [-0.4, -0.2) is 13.1 Å². The van der Waals surface area contributed by atoms with Crippen molar-refractivity contribution >= 4 is 15.9 Å². The molecule has 21 heavy (non-hydrogen) atoms. The van der Waals surface area contributed by atoms with Crippen LogP contribution in [0.2, 0.25) is 0 Å². The Kier molecular flexibility index (Phi) is 4.36. The van der Waals surface area contributed by atoms with Gasteiger partial charge in [-0.1, -0.05) is 28.1 Å². The molecular weight excluding hydrogens is 336 g/mol. The zero-order chi connectivity index (χ0) is 14.8. The van der Waals surface area contributed by atoms with Gasteiger partial charge in [0.05, 0.1) is 0 Å². The topological polar surface area (TPSA) is 12.0 Å². The average Bonchev–Trinajstić information content (AvgIpc) is 2.46. The van der Waals surface area contributed by atoms with Gasteiger partial charge in [0.25, 0.3) is 0 Å². The van der Waals surface area contributed by atoms with Crippen molar-refractivity contribution in [2.75, 3.05) is 13.1 Å². The first-order valence-corrected chi connectivity index (χ1v) is 7.85. The van der Waals surface area contributed by atoms with Crippen LogP contribution in [0.1, 0.15) is 29.4 Å². The average molecular weight is 352 g/mol. The first kappa shape index (κ1) is 14.7. The Bertz CT molecular complexity index is 624. The second-order valence-electron chi connectivity index (χ2n) is 5.46. The summed E-state index contributed by atoms with van der Waals surface area (Å²) in [4.78, 5) is 0. The molecule has 0 radical (unpaired) electrons. The Hall–Kier alpha value is -1.26. The molecule has 0 aromatic heterocycles. The minimum absolute atomic E-state index is 0.130. The van der Waals surface area contributed by atoms with Crippen molar-refractivity contribution in [1.82, 2.24) is 5.32 Å². The highest BCUT2D eigenvalue weighted by Gasteiger charge is 2.28. The van der Waals surface area contributed by atoms with E-state index in [4.69, 9.17) is 0 Å². The standard InChI is InChI=1S/C17H16BrF2N/c18-13-3-1-2-11(6-13)17-10-21-5-4-16(17)12-7-14(19)9-15(20)8-12/h1-3,6-9,16-17,21H,4-5,10H2. The molecule has 3 rings (SSSR count). The lowest BCUT2D eigenvalue weighted by atomic mass is 9.77. The van der Waals surface area contributed by atoms with E-state index in [1.807, 2.05) is 12.1 Å². The van der Waals surface area contributed by atoms with E-state index in [1.165, 1.54) is 17.7 Å². The molecule has 1 aliphatic rings. The summed E-state index contributed by atoms with van der Waals surface area (Å²) in [5.74, 6) is -0.656. The number of hydrogen-bond donors (Lipinski definition) is 1. The van der Waals surface area contributed by atoms with E-state index < -0.39 is 11.6 Å². The zero-order valence-electron chi connectivity index (χ0n) is 11.5. The summed E-state index contributed by atoms with van der Waals surface area (Å²) in [6.07, 6.45) is 0.875. The fourth-order valence-electron chi connectivity index (χ4n) is 3.13. The molecule has 0 bridgehead atoms. The van der Waals surface area contributed by atoms with Crippen LogP contribution in [0.5, 0.6) is 0 Å². The smallest absolute Gasteiger partial charge is 0.126 e. The van der Waals surface area contributed by atoms with Crippen molar-refractivity contribution in [3.63, 3.8) is 0 Å². The minimum Gasteiger partial charge on any atom is -0.316 e. The quantitative estimate of drug-likeness (QED) is 0.834. The Morgan fingerprint density at radius 1 is 0.952 bits per heavy atom. The molecule has 2 unspecified atom stereocenters. The lowest BCUT2D eigenvalue weighted by molar-refractivity contribution is 0.401. The van der Waals surface area contributed by atoms with Gasteiger partial charge in [0.15, 0.2) is 0 Å². The van der Waals surface area contributed by atoms with E-state index in [1.54, 1.807) is 0 Å². The predicted octanol–water partition coefficient (Wildman–Crippen LogP) is 4.59. The van der Waals surface area contributed by atoms with Crippen LogP contribution < -0.4 is 5.32 Å². The molecule has 1 fully saturated rings. The Morgan fingerprint density at radius 2 is 1.71 bits per heavy atom.